The molecule has 2 fully saturated rings. The molecule has 0 bridgehead atoms. The molecule has 2 rings (SSSR count). The Hall–Kier alpha value is -2.42. The molecule has 2 saturated heterocycles. The van der Waals surface area contributed by atoms with Gasteiger partial charge < -0.3 is 117 Å². The van der Waals surface area contributed by atoms with Gasteiger partial charge in [-0.25, -0.2) is 0 Å². The number of rotatable bonds is 41. The molecule has 25 heteroatoms. The number of likely N-dealkylation sites (tertiary alicyclic amines) is 1. The van der Waals surface area contributed by atoms with Crippen LogP contribution in [-0.4, -0.2) is 265 Å². The van der Waals surface area contributed by atoms with Crippen LogP contribution in [0.1, 0.15) is 172 Å². The van der Waals surface area contributed by atoms with Gasteiger partial charge in [-0.2, -0.15) is 0 Å². The van der Waals surface area contributed by atoms with E-state index < -0.39 is 213 Å². The maximum absolute atomic E-state index is 12.6. The Morgan fingerprint density at radius 3 is 1.51 bits per heavy atom. The Bertz CT molecular complexity index is 2050. The van der Waals surface area contributed by atoms with Gasteiger partial charge >= 0.3 is 0 Å². The first-order valence-corrected chi connectivity index (χ1v) is 31.5. The number of amides is 1. The summed E-state index contributed by atoms with van der Waals surface area (Å²) in [6, 6.07) is -0.694. The molecule has 2 aliphatic heterocycles. The third kappa shape index (κ3) is 23.3. The van der Waals surface area contributed by atoms with Crippen molar-refractivity contribution in [2.45, 2.75) is 306 Å². The number of likely N-dealkylation sites (N-methyl/N-ethyl adjacent to an activating group) is 1. The summed E-state index contributed by atoms with van der Waals surface area (Å²) >= 11 is 0. The molecule has 29 atom stereocenters. The molecule has 1 amide bonds. The Morgan fingerprint density at radius 2 is 0.989 bits per heavy atom. The summed E-state index contributed by atoms with van der Waals surface area (Å²) in [5, 5.41) is 229. The second kappa shape index (κ2) is 37.3. The molecule has 0 aliphatic carbocycles. The van der Waals surface area contributed by atoms with Crippen molar-refractivity contribution in [1.82, 2.24) is 4.90 Å². The Kier molecular flexibility index (Phi) is 34.6. The second-order valence-corrected chi connectivity index (χ2v) is 26.4. The van der Waals surface area contributed by atoms with Gasteiger partial charge in [-0.15, -0.1) is 0 Å². The number of unbranched alkanes of at least 4 members (excludes halogenated alkanes) is 6. The van der Waals surface area contributed by atoms with Crippen LogP contribution >= 0.6 is 0 Å². The predicted molar refractivity (Wildman–Crippen MR) is 318 cm³/mol. The first-order valence-electron chi connectivity index (χ1n) is 31.5. The minimum Gasteiger partial charge on any atom is -0.507 e. The highest BCUT2D eigenvalue weighted by Crippen LogP contribution is 2.36. The van der Waals surface area contributed by atoms with E-state index in [0.29, 0.717) is 18.4 Å². The molecule has 0 spiro atoms. The van der Waals surface area contributed by atoms with Gasteiger partial charge in [-0.1, -0.05) is 106 Å². The van der Waals surface area contributed by atoms with E-state index in [1.165, 1.54) is 46.6 Å². The van der Waals surface area contributed by atoms with E-state index in [1.54, 1.807) is 19.9 Å². The molecule has 2 aliphatic rings. The van der Waals surface area contributed by atoms with Gasteiger partial charge in [-0.3, -0.25) is 9.59 Å². The molecule has 2 heterocycles. The number of aliphatic hydroxyl groups excluding tert-OH is 20. The van der Waals surface area contributed by atoms with Crippen LogP contribution in [0.15, 0.2) is 23.0 Å². The normalized spacial score (nSPS) is 29.4. The van der Waals surface area contributed by atoms with E-state index in [1.807, 2.05) is 13.8 Å². The van der Waals surface area contributed by atoms with Gasteiger partial charge in [0.2, 0.25) is 0 Å². The third-order valence-corrected chi connectivity index (χ3v) is 18.8. The van der Waals surface area contributed by atoms with Crippen LogP contribution in [0.2, 0.25) is 0 Å². The average Bonchev–Trinajstić information content (AvgIpc) is 2.13. The van der Waals surface area contributed by atoms with E-state index in [4.69, 9.17) is 4.74 Å². The molecular weight excluding hydrogens is 1140 g/mol. The van der Waals surface area contributed by atoms with Crippen molar-refractivity contribution in [3.63, 3.8) is 0 Å². The summed E-state index contributed by atoms with van der Waals surface area (Å²) in [4.78, 5) is 26.4. The van der Waals surface area contributed by atoms with Crippen molar-refractivity contribution in [2.75, 3.05) is 7.05 Å². The molecule has 0 aromatic carbocycles. The molecule has 24 unspecified atom stereocenters. The SMILES string of the molecule is CCCCCCCCCC(O)C[C@]1(O)O[C@H](CC(O)C(O)C(O)C(O)C(O)CC(O)CC(O)CC(O)C(C)C(O)C(C)C(O)CC(O)C(C)C(O)C(C)C(O)C(C)C(O)C(O)CC(C)CC(C)/C=C(C)\C(O)=C2\C(=O)C(C)N(C)C2=O)[C@@H](O)[C@H](O)[C@@H]1O. The molecule has 25 nitrogen and oxygen atoms in total. The van der Waals surface area contributed by atoms with Crippen LogP contribution in [0.25, 0.3) is 0 Å². The minimum atomic E-state index is -2.59. The number of ketones is 1. The number of aliphatic hydroxyl groups is 21. The first kappa shape index (κ1) is 80.7. The number of Topliss-reactive ketones (excluding diaryl/α,β-unsaturated/α-hetero) is 1. The van der Waals surface area contributed by atoms with E-state index in [0.717, 1.165) is 38.5 Å². The molecule has 512 valence electrons. The van der Waals surface area contributed by atoms with Crippen LogP contribution < -0.4 is 0 Å². The summed E-state index contributed by atoms with van der Waals surface area (Å²) in [6.07, 6.45) is -28.2. The van der Waals surface area contributed by atoms with Crippen molar-refractivity contribution in [1.29, 1.82) is 0 Å². The first-order chi connectivity index (χ1) is 40.3. The van der Waals surface area contributed by atoms with E-state index in [-0.39, 0.29) is 36.7 Å². The highest BCUT2D eigenvalue weighted by molar-refractivity contribution is 6.26. The van der Waals surface area contributed by atoms with Crippen molar-refractivity contribution < 1.29 is 122 Å². The van der Waals surface area contributed by atoms with Crippen molar-refractivity contribution >= 4 is 11.7 Å². The number of carbonyl (C=O) groups excluding carboxylic acids is 2. The number of ether oxygens (including phenoxy) is 1. The largest absolute Gasteiger partial charge is 0.507 e. The number of allylic oxidation sites excluding steroid dienone is 2. The number of carbonyl (C=O) groups is 2. The highest BCUT2D eigenvalue weighted by Gasteiger charge is 2.54. The van der Waals surface area contributed by atoms with Crippen molar-refractivity contribution in [3.8, 4) is 0 Å². The smallest absolute Gasteiger partial charge is 0.261 e. The monoisotopic (exact) mass is 1260 g/mol. The zero-order valence-electron chi connectivity index (χ0n) is 53.1. The van der Waals surface area contributed by atoms with Crippen molar-refractivity contribution in [2.24, 2.45) is 41.4 Å². The van der Waals surface area contributed by atoms with Gasteiger partial charge in [0.1, 0.15) is 48.0 Å². The maximum atomic E-state index is 12.6. The second-order valence-electron chi connectivity index (χ2n) is 26.4. The molecule has 0 saturated carbocycles. The van der Waals surface area contributed by atoms with Gasteiger partial charge in [-0.05, 0) is 69.8 Å². The Balaban J connectivity index is 1.88. The summed E-state index contributed by atoms with van der Waals surface area (Å²) in [5.74, 6) is -9.32. The van der Waals surface area contributed by atoms with Crippen LogP contribution in [0.3, 0.4) is 0 Å². The van der Waals surface area contributed by atoms with Gasteiger partial charge in [0.05, 0.1) is 91.5 Å². The number of hydrogen-bond acceptors (Lipinski definition) is 24. The highest BCUT2D eigenvalue weighted by atomic mass is 16.7. The van der Waals surface area contributed by atoms with Gasteiger partial charge in [0.25, 0.3) is 5.91 Å². The molecule has 0 aromatic rings. The van der Waals surface area contributed by atoms with E-state index in [2.05, 4.69) is 6.92 Å². The summed E-state index contributed by atoms with van der Waals surface area (Å²) in [7, 11) is 1.48. The third-order valence-electron chi connectivity index (χ3n) is 18.8. The quantitative estimate of drug-likeness (QED) is 0.0148. The number of hydrogen-bond donors (Lipinski definition) is 21. The van der Waals surface area contributed by atoms with Gasteiger partial charge in [0, 0.05) is 55.9 Å². The lowest BCUT2D eigenvalue weighted by molar-refractivity contribution is -0.356. The van der Waals surface area contributed by atoms with Crippen LogP contribution in [0.4, 0.5) is 0 Å². The summed E-state index contributed by atoms with van der Waals surface area (Å²) < 4.78 is 5.50. The van der Waals surface area contributed by atoms with E-state index >= 15 is 0 Å². The van der Waals surface area contributed by atoms with Crippen molar-refractivity contribution in [3.05, 3.63) is 23.0 Å². The lowest BCUT2D eigenvalue weighted by Crippen LogP contribution is -2.65. The lowest BCUT2D eigenvalue weighted by Gasteiger charge is -2.47. The molecule has 87 heavy (non-hydrogen) atoms. The summed E-state index contributed by atoms with van der Waals surface area (Å²) in [6.45, 7) is 16.3. The molecule has 0 radical (unpaired) electrons. The molecular formula is C62H115NO24. The standard InChI is InChI=1S/C62H115NO24/c1-12-13-14-15-16-17-18-19-38(64)28-62(86)60(84)59(83)57(81)47(87-62)27-46(72)56(80)58(82)55(79)45(71)25-40(66)23-39(65)24-41(67)32(5)50(74)33(6)42(68)26-43(69)34(7)51(75)35(8)52(76)36(9)53(77)44(70)22-30(3)20-29(2)21-31(4)49(73)48-54(78)37(10)63(11)61(48)85/h21,29-30,32-47,50-53,55-60,64-77,79-84,86H,12-20,22-28H2,1-11H3/b31-21-,49-48+/t29?,30?,32?,33?,34?,35?,36?,37?,38?,39?,40?,41?,42?,43?,44?,45?,46?,47-,50?,51?,52?,53?,55?,56?,57-,58?,59+,60+,62+/m1/s1. The van der Waals surface area contributed by atoms with Gasteiger partial charge in [0.15, 0.2) is 11.6 Å². The fourth-order valence-electron chi connectivity index (χ4n) is 12.3. The van der Waals surface area contributed by atoms with Crippen LogP contribution in [0, 0.1) is 41.4 Å². The Morgan fingerprint density at radius 1 is 0.540 bits per heavy atom. The average molecular weight is 1260 g/mol. The topological polar surface area (TPSA) is 471 Å². The predicted octanol–water partition coefficient (Wildman–Crippen LogP) is -1.17. The fraction of sp³-hybridized carbons (Fsp3) is 0.903. The zero-order valence-corrected chi connectivity index (χ0v) is 53.1. The molecule has 0 aromatic heterocycles. The fourth-order valence-corrected chi connectivity index (χ4v) is 12.3. The molecule has 21 N–H and O–H groups in total. The van der Waals surface area contributed by atoms with E-state index in [9.17, 15) is 117 Å². The Labute approximate surface area is 513 Å². The van der Waals surface area contributed by atoms with Crippen LogP contribution in [0.5, 0.6) is 0 Å². The minimum absolute atomic E-state index is 0.112. The lowest BCUT2D eigenvalue weighted by atomic mass is 9.77. The zero-order chi connectivity index (χ0) is 66.9. The summed E-state index contributed by atoms with van der Waals surface area (Å²) in [5.41, 5.74) is 0.0730. The maximum Gasteiger partial charge on any atom is 0.261 e. The number of nitrogens with zero attached hydrogens (tertiary/aromatic N) is 1. The van der Waals surface area contributed by atoms with Crippen LogP contribution in [-0.2, 0) is 14.3 Å².